The van der Waals surface area contributed by atoms with Gasteiger partial charge in [0.1, 0.15) is 5.01 Å². The first kappa shape index (κ1) is 17.4. The minimum atomic E-state index is -0.108. The lowest BCUT2D eigenvalue weighted by Gasteiger charge is -2.16. The topological polar surface area (TPSA) is 62.3 Å². The zero-order chi connectivity index (χ0) is 18.8. The van der Waals surface area contributed by atoms with Crippen LogP contribution >= 0.6 is 11.3 Å². The van der Waals surface area contributed by atoms with Crippen LogP contribution in [0.1, 0.15) is 18.2 Å². The second-order valence-electron chi connectivity index (χ2n) is 6.51. The zero-order valence-electron chi connectivity index (χ0n) is 14.9. The summed E-state index contributed by atoms with van der Waals surface area (Å²) in [6.45, 7) is 2.21. The van der Waals surface area contributed by atoms with Gasteiger partial charge in [0.05, 0.1) is 12.1 Å². The largest absolute Gasteiger partial charge is 0.326 e. The number of fused-ring (bicyclic) bond motifs is 1. The van der Waals surface area contributed by atoms with E-state index < -0.39 is 0 Å². The van der Waals surface area contributed by atoms with Crippen molar-refractivity contribution in [2.75, 3.05) is 16.8 Å². The number of amides is 2. The minimum absolute atomic E-state index is 0.0730. The number of para-hydroxylation sites is 1. The Morgan fingerprint density at radius 1 is 1.19 bits per heavy atom. The van der Waals surface area contributed by atoms with Crippen LogP contribution in [0.2, 0.25) is 0 Å². The maximum Gasteiger partial charge on any atom is 0.233 e. The van der Waals surface area contributed by atoms with E-state index in [-0.39, 0.29) is 18.2 Å². The van der Waals surface area contributed by atoms with Gasteiger partial charge < -0.3 is 10.2 Å². The van der Waals surface area contributed by atoms with E-state index in [0.717, 1.165) is 40.6 Å². The van der Waals surface area contributed by atoms with Crippen LogP contribution in [0.5, 0.6) is 0 Å². The molecule has 0 saturated carbocycles. The highest BCUT2D eigenvalue weighted by atomic mass is 32.1. The molecule has 6 heteroatoms. The molecule has 0 unspecified atom stereocenters. The fourth-order valence-electron chi connectivity index (χ4n) is 3.30. The number of rotatable bonds is 4. The Kier molecular flexibility index (Phi) is 4.73. The van der Waals surface area contributed by atoms with E-state index in [2.05, 4.69) is 16.4 Å². The quantitative estimate of drug-likeness (QED) is 0.750. The Hall–Kier alpha value is -2.99. The summed E-state index contributed by atoms with van der Waals surface area (Å²) in [5.74, 6) is -0.0349. The van der Waals surface area contributed by atoms with Crippen molar-refractivity contribution in [2.24, 2.45) is 0 Å². The normalized spacial score (nSPS) is 12.7. The van der Waals surface area contributed by atoms with E-state index in [1.54, 1.807) is 0 Å². The molecule has 0 fully saturated rings. The van der Waals surface area contributed by atoms with Gasteiger partial charge >= 0.3 is 0 Å². The van der Waals surface area contributed by atoms with Crippen LogP contribution < -0.4 is 10.2 Å². The first-order chi connectivity index (χ1) is 13.1. The van der Waals surface area contributed by atoms with Gasteiger partial charge in [-0.3, -0.25) is 9.59 Å². The first-order valence-corrected chi connectivity index (χ1v) is 9.69. The number of hydrogen-bond donors (Lipinski definition) is 1. The van der Waals surface area contributed by atoms with Crippen LogP contribution in [0, 0.1) is 0 Å². The molecule has 2 amide bonds. The van der Waals surface area contributed by atoms with Crippen LogP contribution in [0.25, 0.3) is 10.6 Å². The standard InChI is InChI=1S/C21H19N3O2S/c1-14(25)22-17-7-4-6-16(11-17)21-23-18(13-27-21)12-20(26)24-10-9-15-5-2-3-8-19(15)24/h2-8,11,13H,9-10,12H2,1H3,(H,22,25). The summed E-state index contributed by atoms with van der Waals surface area (Å²) < 4.78 is 0. The number of carbonyl (C=O) groups is 2. The molecule has 1 aliphatic rings. The molecule has 2 heterocycles. The Morgan fingerprint density at radius 2 is 2.04 bits per heavy atom. The molecular formula is C21H19N3O2S. The van der Waals surface area contributed by atoms with Crippen LogP contribution in [-0.4, -0.2) is 23.3 Å². The van der Waals surface area contributed by atoms with Crippen LogP contribution in [0.4, 0.5) is 11.4 Å². The number of nitrogens with zero attached hydrogens (tertiary/aromatic N) is 2. The highest BCUT2D eigenvalue weighted by Gasteiger charge is 2.24. The summed E-state index contributed by atoms with van der Waals surface area (Å²) in [6, 6.07) is 15.6. The van der Waals surface area contributed by atoms with E-state index in [4.69, 9.17) is 0 Å². The predicted octanol–water partition coefficient (Wildman–Crippen LogP) is 3.90. The van der Waals surface area contributed by atoms with E-state index in [0.29, 0.717) is 0 Å². The van der Waals surface area contributed by atoms with Crippen molar-refractivity contribution in [1.29, 1.82) is 0 Å². The average molecular weight is 377 g/mol. The van der Waals surface area contributed by atoms with Gasteiger partial charge in [-0.25, -0.2) is 4.98 Å². The molecule has 0 saturated heterocycles. The maximum absolute atomic E-state index is 12.7. The molecule has 0 bridgehead atoms. The van der Waals surface area contributed by atoms with E-state index in [9.17, 15) is 9.59 Å². The molecule has 136 valence electrons. The van der Waals surface area contributed by atoms with Crippen molar-refractivity contribution in [3.05, 3.63) is 65.2 Å². The summed E-state index contributed by atoms with van der Waals surface area (Å²) in [5, 5.41) is 5.55. The molecule has 3 aromatic rings. The van der Waals surface area contributed by atoms with Crippen molar-refractivity contribution >= 4 is 34.5 Å². The van der Waals surface area contributed by atoms with Gasteiger partial charge in [0.15, 0.2) is 0 Å². The van der Waals surface area contributed by atoms with E-state index >= 15 is 0 Å². The third-order valence-corrected chi connectivity index (χ3v) is 5.44. The average Bonchev–Trinajstić information content (AvgIpc) is 3.28. The van der Waals surface area contributed by atoms with Crippen molar-refractivity contribution in [3.63, 3.8) is 0 Å². The minimum Gasteiger partial charge on any atom is -0.326 e. The van der Waals surface area contributed by atoms with Crippen molar-refractivity contribution in [1.82, 2.24) is 4.98 Å². The van der Waals surface area contributed by atoms with Gasteiger partial charge in [0.25, 0.3) is 0 Å². The summed E-state index contributed by atoms with van der Waals surface area (Å²) in [4.78, 5) is 30.5. The monoisotopic (exact) mass is 377 g/mol. The zero-order valence-corrected chi connectivity index (χ0v) is 15.8. The lowest BCUT2D eigenvalue weighted by molar-refractivity contribution is -0.118. The van der Waals surface area contributed by atoms with Crippen molar-refractivity contribution < 1.29 is 9.59 Å². The number of aromatic nitrogens is 1. The Bertz CT molecular complexity index is 1010. The van der Waals surface area contributed by atoms with E-state index in [1.165, 1.54) is 23.8 Å². The highest BCUT2D eigenvalue weighted by molar-refractivity contribution is 7.13. The summed E-state index contributed by atoms with van der Waals surface area (Å²) >= 11 is 1.51. The molecule has 5 nitrogen and oxygen atoms in total. The fourth-order valence-corrected chi connectivity index (χ4v) is 4.12. The Morgan fingerprint density at radius 3 is 2.89 bits per heavy atom. The predicted molar refractivity (Wildman–Crippen MR) is 108 cm³/mol. The number of thiazole rings is 1. The van der Waals surface area contributed by atoms with Crippen LogP contribution in [0.3, 0.4) is 0 Å². The number of nitrogens with one attached hydrogen (secondary N) is 1. The summed E-state index contributed by atoms with van der Waals surface area (Å²) in [5.41, 5.74) is 4.67. The molecule has 27 heavy (non-hydrogen) atoms. The second-order valence-corrected chi connectivity index (χ2v) is 7.36. The Labute approximate surface area is 161 Å². The van der Waals surface area contributed by atoms with Gasteiger partial charge in [0, 0.05) is 35.8 Å². The van der Waals surface area contributed by atoms with Gasteiger partial charge in [-0.1, -0.05) is 30.3 Å². The van der Waals surface area contributed by atoms with Gasteiger partial charge in [-0.05, 0) is 30.2 Å². The molecule has 0 spiro atoms. The fraction of sp³-hybridized carbons (Fsp3) is 0.190. The number of carbonyl (C=O) groups excluding carboxylic acids is 2. The lowest BCUT2D eigenvalue weighted by atomic mass is 10.2. The molecule has 1 aliphatic heterocycles. The molecule has 0 atom stereocenters. The number of anilines is 2. The SMILES string of the molecule is CC(=O)Nc1cccc(-c2nc(CC(=O)N3CCc4ccccc43)cs2)c1. The van der Waals surface area contributed by atoms with Crippen LogP contribution in [0.15, 0.2) is 53.9 Å². The van der Waals surface area contributed by atoms with E-state index in [1.807, 2.05) is 52.7 Å². The lowest BCUT2D eigenvalue weighted by Crippen LogP contribution is -2.30. The molecule has 4 rings (SSSR count). The van der Waals surface area contributed by atoms with Crippen molar-refractivity contribution in [3.8, 4) is 10.6 Å². The maximum atomic E-state index is 12.7. The number of hydrogen-bond acceptors (Lipinski definition) is 4. The molecule has 2 aromatic carbocycles. The number of benzene rings is 2. The highest BCUT2D eigenvalue weighted by Crippen LogP contribution is 2.29. The molecular weight excluding hydrogens is 358 g/mol. The molecule has 1 N–H and O–H groups in total. The van der Waals surface area contributed by atoms with Gasteiger partial charge in [-0.15, -0.1) is 11.3 Å². The second kappa shape index (κ2) is 7.32. The Balaban J connectivity index is 1.49. The molecule has 0 aliphatic carbocycles. The third-order valence-electron chi connectivity index (χ3n) is 4.50. The third kappa shape index (κ3) is 3.75. The summed E-state index contributed by atoms with van der Waals surface area (Å²) in [6.07, 6.45) is 1.19. The first-order valence-electron chi connectivity index (χ1n) is 8.81. The molecule has 1 aromatic heterocycles. The van der Waals surface area contributed by atoms with Gasteiger partial charge in [0.2, 0.25) is 11.8 Å². The molecule has 0 radical (unpaired) electrons. The smallest absolute Gasteiger partial charge is 0.233 e. The van der Waals surface area contributed by atoms with Gasteiger partial charge in [-0.2, -0.15) is 0 Å². The van der Waals surface area contributed by atoms with Crippen LogP contribution in [-0.2, 0) is 22.4 Å². The van der Waals surface area contributed by atoms with Crippen molar-refractivity contribution in [2.45, 2.75) is 19.8 Å². The summed E-state index contributed by atoms with van der Waals surface area (Å²) in [7, 11) is 0.